The number of nitrogens with zero attached hydrogens (tertiary/aromatic N) is 3. The summed E-state index contributed by atoms with van der Waals surface area (Å²) in [6.07, 6.45) is 5.04. The summed E-state index contributed by atoms with van der Waals surface area (Å²) in [7, 11) is 0. The van der Waals surface area contributed by atoms with E-state index in [-0.39, 0.29) is 5.91 Å². The highest BCUT2D eigenvalue weighted by molar-refractivity contribution is 6.30. The van der Waals surface area contributed by atoms with E-state index < -0.39 is 0 Å². The largest absolute Gasteiger partial charge is 0.349 e. The number of halogens is 1. The van der Waals surface area contributed by atoms with E-state index >= 15 is 0 Å². The van der Waals surface area contributed by atoms with Crippen LogP contribution in [-0.2, 0) is 6.54 Å². The topological polar surface area (TPSA) is 59.8 Å². The van der Waals surface area contributed by atoms with Gasteiger partial charge in [0.15, 0.2) is 0 Å². The number of hydrogen-bond donors (Lipinski definition) is 1. The lowest BCUT2D eigenvalue weighted by Gasteiger charge is -2.04. The second-order valence-electron chi connectivity index (χ2n) is 3.38. The molecule has 0 aliphatic carbocycles. The van der Waals surface area contributed by atoms with Crippen LogP contribution in [0, 0.1) is 0 Å². The Balaban J connectivity index is 1.85. The Bertz CT molecular complexity index is 498. The molecule has 2 aromatic rings. The van der Waals surface area contributed by atoms with Gasteiger partial charge >= 0.3 is 0 Å². The molecule has 0 saturated carbocycles. The Morgan fingerprint density at radius 1 is 1.47 bits per heavy atom. The fraction of sp³-hybridized carbons (Fsp3) is 0.182. The molecular formula is C11H11ClN4O. The van der Waals surface area contributed by atoms with Gasteiger partial charge in [-0.3, -0.25) is 14.5 Å². The molecule has 1 amide bonds. The quantitative estimate of drug-likeness (QED) is 0.891. The number of hydrogen-bond acceptors (Lipinski definition) is 3. The van der Waals surface area contributed by atoms with Crippen LogP contribution in [0.1, 0.15) is 10.5 Å². The molecule has 0 spiro atoms. The number of pyridine rings is 1. The number of amides is 1. The molecule has 2 heterocycles. The van der Waals surface area contributed by atoms with E-state index in [0.29, 0.717) is 23.8 Å². The molecule has 0 bridgehead atoms. The summed E-state index contributed by atoms with van der Waals surface area (Å²) in [4.78, 5) is 15.6. The SMILES string of the molecule is O=C(NCCn1cccn1)c1cc(Cl)ccn1. The Morgan fingerprint density at radius 2 is 2.35 bits per heavy atom. The van der Waals surface area contributed by atoms with E-state index in [1.54, 1.807) is 16.9 Å². The van der Waals surface area contributed by atoms with Crippen molar-refractivity contribution in [2.24, 2.45) is 0 Å². The van der Waals surface area contributed by atoms with Crippen molar-refractivity contribution < 1.29 is 4.79 Å². The van der Waals surface area contributed by atoms with Crippen LogP contribution in [0.3, 0.4) is 0 Å². The summed E-state index contributed by atoms with van der Waals surface area (Å²) >= 11 is 5.77. The molecule has 6 heteroatoms. The van der Waals surface area contributed by atoms with E-state index in [1.165, 1.54) is 12.3 Å². The second kappa shape index (κ2) is 5.45. The maximum atomic E-state index is 11.7. The van der Waals surface area contributed by atoms with Crippen molar-refractivity contribution in [2.75, 3.05) is 6.54 Å². The van der Waals surface area contributed by atoms with Crippen LogP contribution in [-0.4, -0.2) is 27.2 Å². The van der Waals surface area contributed by atoms with Crippen LogP contribution >= 0.6 is 11.6 Å². The van der Waals surface area contributed by atoms with E-state index in [2.05, 4.69) is 15.4 Å². The highest BCUT2D eigenvalue weighted by Gasteiger charge is 2.06. The molecule has 88 valence electrons. The van der Waals surface area contributed by atoms with Gasteiger partial charge in [0.05, 0.1) is 6.54 Å². The fourth-order valence-electron chi connectivity index (χ4n) is 1.34. The predicted molar refractivity (Wildman–Crippen MR) is 63.8 cm³/mol. The van der Waals surface area contributed by atoms with E-state index in [0.717, 1.165) is 0 Å². The van der Waals surface area contributed by atoms with Gasteiger partial charge in [-0.05, 0) is 18.2 Å². The van der Waals surface area contributed by atoms with Crippen molar-refractivity contribution in [2.45, 2.75) is 6.54 Å². The van der Waals surface area contributed by atoms with Gasteiger partial charge in [-0.2, -0.15) is 5.10 Å². The Morgan fingerprint density at radius 3 is 3.06 bits per heavy atom. The zero-order valence-corrected chi connectivity index (χ0v) is 9.76. The first-order chi connectivity index (χ1) is 8.25. The molecule has 1 N–H and O–H groups in total. The second-order valence-corrected chi connectivity index (χ2v) is 3.82. The van der Waals surface area contributed by atoms with Crippen molar-refractivity contribution in [3.05, 3.63) is 47.5 Å². The van der Waals surface area contributed by atoms with Gasteiger partial charge in [0.25, 0.3) is 5.91 Å². The summed E-state index contributed by atoms with van der Waals surface area (Å²) in [5.74, 6) is -0.236. The third kappa shape index (κ3) is 3.29. The standard InChI is InChI=1S/C11H11ClN4O/c12-9-2-4-13-10(8-9)11(17)14-5-7-16-6-1-3-15-16/h1-4,6,8H,5,7H2,(H,14,17). The lowest BCUT2D eigenvalue weighted by molar-refractivity contribution is 0.0947. The minimum absolute atomic E-state index is 0.236. The molecule has 0 aromatic carbocycles. The van der Waals surface area contributed by atoms with Gasteiger partial charge < -0.3 is 5.32 Å². The smallest absolute Gasteiger partial charge is 0.269 e. The fourth-order valence-corrected chi connectivity index (χ4v) is 1.50. The van der Waals surface area contributed by atoms with E-state index in [9.17, 15) is 4.79 Å². The van der Waals surface area contributed by atoms with Crippen LogP contribution in [0.5, 0.6) is 0 Å². The molecule has 2 rings (SSSR count). The van der Waals surface area contributed by atoms with Crippen molar-refractivity contribution in [3.8, 4) is 0 Å². The van der Waals surface area contributed by atoms with E-state index in [1.807, 2.05) is 12.3 Å². The van der Waals surface area contributed by atoms with Gasteiger partial charge in [0, 0.05) is 30.2 Å². The van der Waals surface area contributed by atoms with Crippen LogP contribution in [0.25, 0.3) is 0 Å². The number of carbonyl (C=O) groups is 1. The van der Waals surface area contributed by atoms with Crippen molar-refractivity contribution in [3.63, 3.8) is 0 Å². The minimum Gasteiger partial charge on any atom is -0.349 e. The first kappa shape index (κ1) is 11.6. The van der Waals surface area contributed by atoms with Gasteiger partial charge in [0.2, 0.25) is 0 Å². The van der Waals surface area contributed by atoms with Crippen molar-refractivity contribution in [1.82, 2.24) is 20.1 Å². The zero-order chi connectivity index (χ0) is 12.1. The number of nitrogens with one attached hydrogen (secondary N) is 1. The Hall–Kier alpha value is -1.88. The van der Waals surface area contributed by atoms with Crippen LogP contribution in [0.2, 0.25) is 5.02 Å². The molecule has 0 atom stereocenters. The van der Waals surface area contributed by atoms with Gasteiger partial charge in [-0.25, -0.2) is 0 Å². The molecule has 0 aliphatic heterocycles. The van der Waals surface area contributed by atoms with Crippen LogP contribution in [0.15, 0.2) is 36.8 Å². The maximum absolute atomic E-state index is 11.7. The third-order valence-corrected chi connectivity index (χ3v) is 2.38. The highest BCUT2D eigenvalue weighted by atomic mass is 35.5. The summed E-state index contributed by atoms with van der Waals surface area (Å²) in [6, 6.07) is 4.99. The van der Waals surface area contributed by atoms with Gasteiger partial charge in [-0.1, -0.05) is 11.6 Å². The lowest BCUT2D eigenvalue weighted by Crippen LogP contribution is -2.28. The van der Waals surface area contributed by atoms with Crippen molar-refractivity contribution in [1.29, 1.82) is 0 Å². The van der Waals surface area contributed by atoms with Gasteiger partial charge in [0.1, 0.15) is 5.69 Å². The molecule has 0 radical (unpaired) electrons. The zero-order valence-electron chi connectivity index (χ0n) is 9.01. The monoisotopic (exact) mass is 250 g/mol. The summed E-state index contributed by atoms with van der Waals surface area (Å²) < 4.78 is 1.74. The predicted octanol–water partition coefficient (Wildman–Crippen LogP) is 1.36. The molecule has 0 aliphatic rings. The Labute approximate surface area is 103 Å². The molecule has 0 fully saturated rings. The Kier molecular flexibility index (Phi) is 3.72. The number of rotatable bonds is 4. The first-order valence-corrected chi connectivity index (χ1v) is 5.51. The van der Waals surface area contributed by atoms with Crippen LogP contribution < -0.4 is 5.32 Å². The first-order valence-electron chi connectivity index (χ1n) is 5.13. The van der Waals surface area contributed by atoms with E-state index in [4.69, 9.17) is 11.6 Å². The average Bonchev–Trinajstić information content (AvgIpc) is 2.82. The summed E-state index contributed by atoms with van der Waals surface area (Å²) in [6.45, 7) is 1.12. The van der Waals surface area contributed by atoms with Crippen LogP contribution in [0.4, 0.5) is 0 Å². The molecule has 0 saturated heterocycles. The minimum atomic E-state index is -0.236. The molecule has 2 aromatic heterocycles. The highest BCUT2D eigenvalue weighted by Crippen LogP contribution is 2.07. The van der Waals surface area contributed by atoms with Crippen molar-refractivity contribution >= 4 is 17.5 Å². The number of aromatic nitrogens is 3. The summed E-state index contributed by atoms with van der Waals surface area (Å²) in [5.41, 5.74) is 0.318. The molecular weight excluding hydrogens is 240 g/mol. The van der Waals surface area contributed by atoms with Gasteiger partial charge in [-0.15, -0.1) is 0 Å². The molecule has 0 unspecified atom stereocenters. The molecule has 17 heavy (non-hydrogen) atoms. The normalized spacial score (nSPS) is 10.2. The average molecular weight is 251 g/mol. The lowest BCUT2D eigenvalue weighted by atomic mass is 10.3. The molecule has 5 nitrogen and oxygen atoms in total. The summed E-state index contributed by atoms with van der Waals surface area (Å²) in [5, 5.41) is 7.27. The third-order valence-electron chi connectivity index (χ3n) is 2.14. The maximum Gasteiger partial charge on any atom is 0.269 e. The number of carbonyl (C=O) groups excluding carboxylic acids is 1.